The molecular formula is C15H11FN4O3S2. The maximum absolute atomic E-state index is 13.2. The number of aromatic nitrogens is 3. The second-order valence-electron chi connectivity index (χ2n) is 4.78. The Kier molecular flexibility index (Phi) is 4.91. The molecule has 1 aromatic heterocycles. The summed E-state index contributed by atoms with van der Waals surface area (Å²) >= 11 is 6.02. The van der Waals surface area contributed by atoms with Crippen LogP contribution in [0.4, 0.5) is 4.39 Å². The van der Waals surface area contributed by atoms with Crippen LogP contribution in [0.25, 0.3) is 11.8 Å². The first-order valence-electron chi connectivity index (χ1n) is 7.13. The van der Waals surface area contributed by atoms with Gasteiger partial charge >= 0.3 is 5.97 Å². The summed E-state index contributed by atoms with van der Waals surface area (Å²) in [7, 11) is 0. The van der Waals surface area contributed by atoms with Crippen molar-refractivity contribution in [2.45, 2.75) is 6.92 Å². The number of hydrogen-bond donors (Lipinski definition) is 1. The molecule has 1 fully saturated rings. The van der Waals surface area contributed by atoms with E-state index >= 15 is 0 Å². The second-order valence-corrected chi connectivity index (χ2v) is 6.50. The Morgan fingerprint density at radius 3 is 2.76 bits per heavy atom. The highest BCUT2D eigenvalue weighted by Crippen LogP contribution is 2.27. The minimum absolute atomic E-state index is 0.0510. The molecule has 2 heterocycles. The van der Waals surface area contributed by atoms with Crippen LogP contribution in [0.3, 0.4) is 0 Å². The quantitative estimate of drug-likeness (QED) is 0.495. The van der Waals surface area contributed by atoms with E-state index in [9.17, 15) is 14.0 Å². The van der Waals surface area contributed by atoms with E-state index in [0.29, 0.717) is 14.9 Å². The molecule has 0 spiro atoms. The Hall–Kier alpha value is -2.59. The van der Waals surface area contributed by atoms with Gasteiger partial charge in [-0.05, 0) is 37.3 Å². The van der Waals surface area contributed by atoms with Crippen LogP contribution < -0.4 is 5.32 Å². The molecule has 1 amide bonds. The van der Waals surface area contributed by atoms with Crippen LogP contribution in [0.5, 0.6) is 0 Å². The van der Waals surface area contributed by atoms with Gasteiger partial charge in [0, 0.05) is 0 Å². The van der Waals surface area contributed by atoms with Crippen molar-refractivity contribution in [3.63, 3.8) is 0 Å². The molecule has 128 valence electrons. The number of thioether (sulfide) groups is 1. The lowest BCUT2D eigenvalue weighted by atomic mass is 10.2. The number of carbonyl (C=O) groups excluding carboxylic acids is 2. The summed E-state index contributed by atoms with van der Waals surface area (Å²) in [4.78, 5) is 24.3. The Bertz CT molecular complexity index is 893. The summed E-state index contributed by atoms with van der Waals surface area (Å²) in [5, 5.41) is 10.3. The molecule has 10 heteroatoms. The number of nitrogens with zero attached hydrogens (tertiary/aromatic N) is 3. The minimum atomic E-state index is -0.673. The van der Waals surface area contributed by atoms with E-state index in [1.54, 1.807) is 6.92 Å². The van der Waals surface area contributed by atoms with E-state index in [1.165, 1.54) is 35.0 Å². The Morgan fingerprint density at radius 1 is 1.44 bits per heavy atom. The molecule has 0 unspecified atom stereocenters. The predicted molar refractivity (Wildman–Crippen MR) is 93.6 cm³/mol. The Labute approximate surface area is 151 Å². The molecule has 0 aliphatic carbocycles. The standard InChI is InChI=1S/C15H11FN4O3S2/c1-2-23-14(22)12-10(7-11-13(21)17-15(24)25-11)20(19-18-12)9-5-3-8(16)4-6-9/h3-7H,2H2,1H3,(H,17,21,24). The van der Waals surface area contributed by atoms with Crippen LogP contribution in [-0.4, -0.2) is 37.8 Å². The third-order valence-electron chi connectivity index (χ3n) is 3.15. The van der Waals surface area contributed by atoms with Gasteiger partial charge in [0.2, 0.25) is 0 Å². The molecule has 1 saturated heterocycles. The molecule has 2 aromatic rings. The van der Waals surface area contributed by atoms with Gasteiger partial charge in [-0.1, -0.05) is 29.2 Å². The number of thiocarbonyl (C=S) groups is 1. The van der Waals surface area contributed by atoms with E-state index in [1.807, 2.05) is 0 Å². The average molecular weight is 378 g/mol. The van der Waals surface area contributed by atoms with Crippen LogP contribution in [0.1, 0.15) is 23.1 Å². The first-order chi connectivity index (χ1) is 12.0. The van der Waals surface area contributed by atoms with Gasteiger partial charge < -0.3 is 10.1 Å². The lowest BCUT2D eigenvalue weighted by molar-refractivity contribution is -0.115. The number of carbonyl (C=O) groups is 2. The number of ether oxygens (including phenoxy) is 1. The van der Waals surface area contributed by atoms with Crippen molar-refractivity contribution in [3.05, 3.63) is 46.4 Å². The fourth-order valence-corrected chi connectivity index (χ4v) is 3.10. The zero-order valence-corrected chi connectivity index (χ0v) is 14.5. The lowest BCUT2D eigenvalue weighted by Crippen LogP contribution is -2.17. The minimum Gasteiger partial charge on any atom is -0.461 e. The molecule has 0 bridgehead atoms. The van der Waals surface area contributed by atoms with Gasteiger partial charge in [-0.3, -0.25) is 4.79 Å². The molecule has 0 saturated carbocycles. The van der Waals surface area contributed by atoms with Gasteiger partial charge in [-0.15, -0.1) is 5.10 Å². The average Bonchev–Trinajstić information content (AvgIpc) is 3.12. The van der Waals surface area contributed by atoms with Gasteiger partial charge in [0.25, 0.3) is 5.91 Å². The fraction of sp³-hybridized carbons (Fsp3) is 0.133. The van der Waals surface area contributed by atoms with Crippen molar-refractivity contribution in [1.82, 2.24) is 20.3 Å². The van der Waals surface area contributed by atoms with Crippen molar-refractivity contribution < 1.29 is 18.7 Å². The molecule has 1 aliphatic rings. The third kappa shape index (κ3) is 3.59. The van der Waals surface area contributed by atoms with E-state index in [4.69, 9.17) is 17.0 Å². The Balaban J connectivity index is 2.11. The predicted octanol–water partition coefficient (Wildman–Crippen LogP) is 2.07. The van der Waals surface area contributed by atoms with Gasteiger partial charge in [0.1, 0.15) is 15.8 Å². The number of amides is 1. The summed E-state index contributed by atoms with van der Waals surface area (Å²) in [6.07, 6.45) is 1.45. The van der Waals surface area contributed by atoms with Crippen LogP contribution in [0, 0.1) is 5.82 Å². The maximum Gasteiger partial charge on any atom is 0.361 e. The van der Waals surface area contributed by atoms with Crippen LogP contribution in [0.2, 0.25) is 0 Å². The largest absolute Gasteiger partial charge is 0.461 e. The molecule has 1 aliphatic heterocycles. The van der Waals surface area contributed by atoms with E-state index in [0.717, 1.165) is 11.8 Å². The van der Waals surface area contributed by atoms with E-state index < -0.39 is 11.8 Å². The third-order valence-corrected chi connectivity index (χ3v) is 4.32. The first-order valence-corrected chi connectivity index (χ1v) is 8.35. The molecular weight excluding hydrogens is 367 g/mol. The van der Waals surface area contributed by atoms with E-state index in [2.05, 4.69) is 15.6 Å². The summed E-state index contributed by atoms with van der Waals surface area (Å²) < 4.78 is 19.8. The summed E-state index contributed by atoms with van der Waals surface area (Å²) in [6, 6.07) is 5.47. The van der Waals surface area contributed by atoms with Crippen molar-refractivity contribution in [2.75, 3.05) is 6.61 Å². The summed E-state index contributed by atoms with van der Waals surface area (Å²) in [6.45, 7) is 1.83. The maximum atomic E-state index is 13.2. The van der Waals surface area contributed by atoms with Gasteiger partial charge in [0.15, 0.2) is 5.69 Å². The smallest absolute Gasteiger partial charge is 0.361 e. The highest BCUT2D eigenvalue weighted by Gasteiger charge is 2.26. The van der Waals surface area contributed by atoms with Crippen LogP contribution >= 0.6 is 24.0 Å². The monoisotopic (exact) mass is 378 g/mol. The number of nitrogens with one attached hydrogen (secondary N) is 1. The molecule has 0 atom stereocenters. The number of hydrogen-bond acceptors (Lipinski definition) is 7. The zero-order chi connectivity index (χ0) is 18.0. The summed E-state index contributed by atoms with van der Waals surface area (Å²) in [5.41, 5.74) is 0.666. The van der Waals surface area contributed by atoms with Crippen molar-refractivity contribution in [3.8, 4) is 5.69 Å². The molecule has 7 nitrogen and oxygen atoms in total. The van der Waals surface area contributed by atoms with Crippen LogP contribution in [-0.2, 0) is 9.53 Å². The topological polar surface area (TPSA) is 86.1 Å². The van der Waals surface area contributed by atoms with Crippen molar-refractivity contribution in [1.29, 1.82) is 0 Å². The number of esters is 1. The highest BCUT2D eigenvalue weighted by atomic mass is 32.2. The van der Waals surface area contributed by atoms with E-state index in [-0.39, 0.29) is 23.9 Å². The Morgan fingerprint density at radius 2 is 2.16 bits per heavy atom. The molecule has 1 aromatic carbocycles. The lowest BCUT2D eigenvalue weighted by Gasteiger charge is -2.05. The number of halogens is 1. The number of rotatable bonds is 4. The molecule has 1 N–H and O–H groups in total. The van der Waals surface area contributed by atoms with Gasteiger partial charge in [0.05, 0.1) is 17.2 Å². The highest BCUT2D eigenvalue weighted by molar-refractivity contribution is 8.26. The normalized spacial score (nSPS) is 15.5. The van der Waals surface area contributed by atoms with Crippen molar-refractivity contribution in [2.24, 2.45) is 0 Å². The van der Waals surface area contributed by atoms with Gasteiger partial charge in [-0.2, -0.15) is 0 Å². The summed E-state index contributed by atoms with van der Waals surface area (Å²) in [5.74, 6) is -1.46. The molecule has 0 radical (unpaired) electrons. The molecule has 25 heavy (non-hydrogen) atoms. The van der Waals surface area contributed by atoms with Crippen molar-refractivity contribution >= 4 is 46.3 Å². The first kappa shape index (κ1) is 17.2. The molecule has 3 rings (SSSR count). The zero-order valence-electron chi connectivity index (χ0n) is 12.9. The second kappa shape index (κ2) is 7.11. The van der Waals surface area contributed by atoms with Crippen LogP contribution in [0.15, 0.2) is 29.2 Å². The fourth-order valence-electron chi connectivity index (χ4n) is 2.08. The SMILES string of the molecule is CCOC(=O)c1nnn(-c2ccc(F)cc2)c1C=C1SC(=S)NC1=O. The van der Waals surface area contributed by atoms with Gasteiger partial charge in [-0.25, -0.2) is 13.9 Å². The number of benzene rings is 1.